The standard InChI is InChI=1S/C40H77NO9/c1-2-3-4-5-6-7-8-9-10-11-15-18-21-24-34(43)33(31-49-40-39(47)38(46)37(45)35(30-42)50-40)41-36(44)25-22-19-16-13-12-14-17-20-23-32-26-28-48-29-27-32/h32-35,37-40,42-43,45-47H,2-31H2,1H3,(H,41,44)/t33-,34+,35?,37?,38?,39?,40?/m0/s1. The Morgan fingerprint density at radius 1 is 0.720 bits per heavy atom. The number of aliphatic hydroxyl groups is 5. The number of unbranched alkanes of at least 4 members (excludes halogenated alkanes) is 19. The predicted octanol–water partition coefficient (Wildman–Crippen LogP) is 6.46. The van der Waals surface area contributed by atoms with Crippen LogP contribution in [0.4, 0.5) is 0 Å². The summed E-state index contributed by atoms with van der Waals surface area (Å²) in [7, 11) is 0. The van der Waals surface area contributed by atoms with E-state index in [2.05, 4.69) is 12.2 Å². The predicted molar refractivity (Wildman–Crippen MR) is 198 cm³/mol. The molecular formula is C40H77NO9. The minimum absolute atomic E-state index is 0.136. The van der Waals surface area contributed by atoms with E-state index in [-0.39, 0.29) is 12.5 Å². The molecule has 0 aromatic rings. The molecule has 7 atom stereocenters. The summed E-state index contributed by atoms with van der Waals surface area (Å²) in [5, 5.41) is 54.2. The minimum Gasteiger partial charge on any atom is -0.394 e. The Balaban J connectivity index is 1.66. The van der Waals surface area contributed by atoms with Gasteiger partial charge in [-0.3, -0.25) is 4.79 Å². The second kappa shape index (κ2) is 29.6. The van der Waals surface area contributed by atoms with Crippen molar-refractivity contribution in [2.45, 2.75) is 217 Å². The van der Waals surface area contributed by atoms with E-state index in [1.165, 1.54) is 116 Å². The summed E-state index contributed by atoms with van der Waals surface area (Å²) < 4.78 is 16.7. The first-order valence-corrected chi connectivity index (χ1v) is 20.8. The lowest BCUT2D eigenvalue weighted by atomic mass is 9.93. The van der Waals surface area contributed by atoms with Crippen LogP contribution in [0.5, 0.6) is 0 Å². The SMILES string of the molecule is CCCCCCCCCCCCCCC[C@@H](O)[C@H](COC1OC(CO)C(O)C(O)C1O)NC(=O)CCCCCCCCCCC1CCOCC1. The van der Waals surface area contributed by atoms with E-state index in [0.717, 1.165) is 57.7 Å². The van der Waals surface area contributed by atoms with Gasteiger partial charge in [0.2, 0.25) is 5.91 Å². The molecule has 0 aromatic carbocycles. The Hall–Kier alpha value is -0.850. The molecule has 2 rings (SSSR count). The summed E-state index contributed by atoms with van der Waals surface area (Å²) in [6.07, 6.45) is 22.1. The van der Waals surface area contributed by atoms with Gasteiger partial charge in [0.05, 0.1) is 25.4 Å². The number of carbonyl (C=O) groups is 1. The van der Waals surface area contributed by atoms with Gasteiger partial charge in [-0.05, 0) is 31.6 Å². The smallest absolute Gasteiger partial charge is 0.220 e. The van der Waals surface area contributed by atoms with Gasteiger partial charge in [-0.25, -0.2) is 0 Å². The van der Waals surface area contributed by atoms with E-state index in [1.54, 1.807) is 0 Å². The van der Waals surface area contributed by atoms with Crippen LogP contribution in [-0.2, 0) is 19.0 Å². The van der Waals surface area contributed by atoms with Crippen molar-refractivity contribution in [3.05, 3.63) is 0 Å². The van der Waals surface area contributed by atoms with Gasteiger partial charge in [-0.1, -0.05) is 142 Å². The molecule has 0 saturated carbocycles. The van der Waals surface area contributed by atoms with Crippen molar-refractivity contribution in [3.63, 3.8) is 0 Å². The lowest BCUT2D eigenvalue weighted by Crippen LogP contribution is -2.60. The highest BCUT2D eigenvalue weighted by Gasteiger charge is 2.44. The number of hydrogen-bond donors (Lipinski definition) is 6. The third-order valence-electron chi connectivity index (χ3n) is 10.8. The monoisotopic (exact) mass is 716 g/mol. The van der Waals surface area contributed by atoms with Crippen LogP contribution < -0.4 is 5.32 Å². The molecule has 6 N–H and O–H groups in total. The molecule has 2 fully saturated rings. The van der Waals surface area contributed by atoms with Gasteiger partial charge in [-0.15, -0.1) is 0 Å². The Morgan fingerprint density at radius 3 is 1.80 bits per heavy atom. The van der Waals surface area contributed by atoms with E-state index >= 15 is 0 Å². The molecule has 10 nitrogen and oxygen atoms in total. The van der Waals surface area contributed by atoms with Crippen molar-refractivity contribution in [2.75, 3.05) is 26.4 Å². The second-order valence-electron chi connectivity index (χ2n) is 15.2. The summed E-state index contributed by atoms with van der Waals surface area (Å²) in [5.74, 6) is 0.707. The van der Waals surface area contributed by atoms with Crippen LogP contribution in [-0.4, -0.2) is 101 Å². The summed E-state index contributed by atoms with van der Waals surface area (Å²) >= 11 is 0. The lowest BCUT2D eigenvalue weighted by Gasteiger charge is -2.40. The first-order valence-electron chi connectivity index (χ1n) is 20.8. The maximum atomic E-state index is 12.9. The number of nitrogens with one attached hydrogen (secondary N) is 1. The summed E-state index contributed by atoms with van der Waals surface area (Å²) in [6, 6.07) is -0.715. The van der Waals surface area contributed by atoms with Gasteiger partial charge in [0, 0.05) is 19.6 Å². The maximum absolute atomic E-state index is 12.9. The molecule has 2 saturated heterocycles. The van der Waals surface area contributed by atoms with E-state index in [1.807, 2.05) is 0 Å². The molecule has 2 aliphatic heterocycles. The average molecular weight is 716 g/mol. The number of carbonyl (C=O) groups excluding carboxylic acids is 1. The summed E-state index contributed by atoms with van der Waals surface area (Å²) in [4.78, 5) is 12.9. The highest BCUT2D eigenvalue weighted by Crippen LogP contribution is 2.24. The molecule has 0 bridgehead atoms. The first kappa shape index (κ1) is 45.3. The van der Waals surface area contributed by atoms with Crippen LogP contribution in [0.25, 0.3) is 0 Å². The molecule has 0 aliphatic carbocycles. The lowest BCUT2D eigenvalue weighted by molar-refractivity contribution is -0.302. The van der Waals surface area contributed by atoms with Crippen LogP contribution in [0.15, 0.2) is 0 Å². The van der Waals surface area contributed by atoms with Crippen LogP contribution in [0, 0.1) is 5.92 Å². The minimum atomic E-state index is -1.55. The van der Waals surface area contributed by atoms with Gasteiger partial charge in [0.25, 0.3) is 0 Å². The van der Waals surface area contributed by atoms with Crippen molar-refractivity contribution in [2.24, 2.45) is 5.92 Å². The highest BCUT2D eigenvalue weighted by molar-refractivity contribution is 5.76. The zero-order valence-corrected chi connectivity index (χ0v) is 31.7. The zero-order valence-electron chi connectivity index (χ0n) is 31.7. The van der Waals surface area contributed by atoms with E-state index in [0.29, 0.717) is 12.8 Å². The number of aliphatic hydroxyl groups excluding tert-OH is 5. The Morgan fingerprint density at radius 2 is 1.24 bits per heavy atom. The molecular weight excluding hydrogens is 638 g/mol. The third-order valence-corrected chi connectivity index (χ3v) is 10.8. The molecule has 0 aromatic heterocycles. The molecule has 10 heteroatoms. The topological polar surface area (TPSA) is 158 Å². The quantitative estimate of drug-likeness (QED) is 0.0444. The van der Waals surface area contributed by atoms with E-state index in [4.69, 9.17) is 14.2 Å². The average Bonchev–Trinajstić information content (AvgIpc) is 3.12. The normalized spacial score (nSPS) is 24.3. The van der Waals surface area contributed by atoms with E-state index in [9.17, 15) is 30.3 Å². The van der Waals surface area contributed by atoms with Gasteiger partial charge < -0.3 is 45.1 Å². The van der Waals surface area contributed by atoms with Gasteiger partial charge in [0.15, 0.2) is 6.29 Å². The number of rotatable bonds is 31. The number of ether oxygens (including phenoxy) is 3. The number of amides is 1. The van der Waals surface area contributed by atoms with Crippen LogP contribution >= 0.6 is 0 Å². The zero-order chi connectivity index (χ0) is 36.2. The molecule has 296 valence electrons. The largest absolute Gasteiger partial charge is 0.394 e. The fraction of sp³-hybridized carbons (Fsp3) is 0.975. The van der Waals surface area contributed by atoms with Crippen LogP contribution in [0.3, 0.4) is 0 Å². The molecule has 2 aliphatic rings. The van der Waals surface area contributed by atoms with Gasteiger partial charge in [-0.2, -0.15) is 0 Å². The van der Waals surface area contributed by atoms with Gasteiger partial charge in [0.1, 0.15) is 24.4 Å². The molecule has 5 unspecified atom stereocenters. The van der Waals surface area contributed by atoms with Crippen molar-refractivity contribution < 1.29 is 44.5 Å². The first-order chi connectivity index (χ1) is 24.4. The van der Waals surface area contributed by atoms with Crippen molar-refractivity contribution in [1.82, 2.24) is 5.32 Å². The summed E-state index contributed by atoms with van der Waals surface area (Å²) in [6.45, 7) is 3.42. The highest BCUT2D eigenvalue weighted by atomic mass is 16.7. The third kappa shape index (κ3) is 20.4. The molecule has 0 radical (unpaired) electrons. The Labute approximate surface area is 304 Å². The van der Waals surface area contributed by atoms with Crippen LogP contribution in [0.1, 0.15) is 174 Å². The fourth-order valence-corrected chi connectivity index (χ4v) is 7.32. The Bertz CT molecular complexity index is 797. The number of hydrogen-bond acceptors (Lipinski definition) is 9. The second-order valence-corrected chi connectivity index (χ2v) is 15.2. The molecule has 1 amide bonds. The molecule has 0 spiro atoms. The maximum Gasteiger partial charge on any atom is 0.220 e. The van der Waals surface area contributed by atoms with Crippen molar-refractivity contribution >= 4 is 5.91 Å². The van der Waals surface area contributed by atoms with Gasteiger partial charge >= 0.3 is 0 Å². The molecule has 50 heavy (non-hydrogen) atoms. The Kier molecular flexibility index (Phi) is 26.8. The van der Waals surface area contributed by atoms with Crippen LogP contribution in [0.2, 0.25) is 0 Å². The summed E-state index contributed by atoms with van der Waals surface area (Å²) in [5.41, 5.74) is 0. The van der Waals surface area contributed by atoms with Crippen molar-refractivity contribution in [3.8, 4) is 0 Å². The van der Waals surface area contributed by atoms with Crippen molar-refractivity contribution in [1.29, 1.82) is 0 Å². The molecule has 2 heterocycles. The van der Waals surface area contributed by atoms with E-state index < -0.39 is 49.5 Å². The fourth-order valence-electron chi connectivity index (χ4n) is 7.32.